The Morgan fingerprint density at radius 1 is 1.10 bits per heavy atom. The molecule has 3 aromatic rings. The summed E-state index contributed by atoms with van der Waals surface area (Å²) >= 11 is 6.21. The first-order valence-corrected chi connectivity index (χ1v) is 10.1. The predicted molar refractivity (Wildman–Crippen MR) is 121 cm³/mol. The number of anilines is 1. The highest BCUT2D eigenvalue weighted by molar-refractivity contribution is 6.31. The topological polar surface area (TPSA) is 30.5 Å². The van der Waals surface area contributed by atoms with E-state index >= 15 is 0 Å². The fourth-order valence-electron chi connectivity index (χ4n) is 3.14. The van der Waals surface area contributed by atoms with Crippen LogP contribution in [0.15, 0.2) is 67.3 Å². The van der Waals surface area contributed by atoms with Gasteiger partial charge in [0.2, 0.25) is 0 Å². The number of halogens is 2. The molecule has 0 amide bonds. The normalized spacial score (nSPS) is 10.5. The summed E-state index contributed by atoms with van der Waals surface area (Å²) in [4.78, 5) is 0. The molecule has 0 aliphatic rings. The summed E-state index contributed by atoms with van der Waals surface area (Å²) in [5.74, 6) is 0.986. The third-order valence-electron chi connectivity index (χ3n) is 4.72. The second kappa shape index (κ2) is 10.2. The molecule has 0 spiro atoms. The minimum atomic E-state index is -0.285. The van der Waals surface area contributed by atoms with Gasteiger partial charge in [-0.15, -0.1) is 6.58 Å². The van der Waals surface area contributed by atoms with E-state index in [-0.39, 0.29) is 12.4 Å². The van der Waals surface area contributed by atoms with E-state index in [4.69, 9.17) is 21.1 Å². The van der Waals surface area contributed by atoms with Crippen LogP contribution in [-0.4, -0.2) is 7.11 Å². The second-order valence-corrected chi connectivity index (χ2v) is 7.42. The van der Waals surface area contributed by atoms with Crippen LogP contribution in [0, 0.1) is 12.7 Å². The lowest BCUT2D eigenvalue weighted by Crippen LogP contribution is -2.05. The Hall–Kier alpha value is -2.98. The van der Waals surface area contributed by atoms with Crippen molar-refractivity contribution in [2.75, 3.05) is 12.4 Å². The van der Waals surface area contributed by atoms with Crippen LogP contribution in [0.5, 0.6) is 11.5 Å². The lowest BCUT2D eigenvalue weighted by Gasteiger charge is -2.17. The molecule has 0 unspecified atom stereocenters. The molecule has 0 bridgehead atoms. The SMILES string of the molecule is C=CCc1cc(CNc2ccc(C)c(Cl)c2)cc(OC)c1OCc1cccc(F)c1. The minimum absolute atomic E-state index is 0.248. The number of rotatable bonds is 9. The van der Waals surface area contributed by atoms with Crippen molar-refractivity contribution in [3.63, 3.8) is 0 Å². The van der Waals surface area contributed by atoms with Gasteiger partial charge in [0.25, 0.3) is 0 Å². The van der Waals surface area contributed by atoms with Gasteiger partial charge in [0.05, 0.1) is 7.11 Å². The van der Waals surface area contributed by atoms with Crippen molar-refractivity contribution in [2.45, 2.75) is 26.5 Å². The van der Waals surface area contributed by atoms with Gasteiger partial charge >= 0.3 is 0 Å². The minimum Gasteiger partial charge on any atom is -0.493 e. The Labute approximate surface area is 182 Å². The van der Waals surface area contributed by atoms with Crippen LogP contribution in [0.2, 0.25) is 5.02 Å². The van der Waals surface area contributed by atoms with E-state index in [1.807, 2.05) is 43.3 Å². The number of hydrogen-bond acceptors (Lipinski definition) is 3. The Bertz CT molecular complexity index is 1040. The summed E-state index contributed by atoms with van der Waals surface area (Å²) in [6.45, 7) is 6.67. The summed E-state index contributed by atoms with van der Waals surface area (Å²) in [6.07, 6.45) is 2.44. The Morgan fingerprint density at radius 2 is 1.93 bits per heavy atom. The standard InChI is InChI=1S/C25H25ClFNO2/c1-4-6-20-11-19(15-28-22-10-9-17(2)23(26)14-22)13-24(29-3)25(20)30-16-18-7-5-8-21(27)12-18/h4-5,7-14,28H,1,6,15-16H2,2-3H3. The molecule has 5 heteroatoms. The first kappa shape index (κ1) is 21.7. The fourth-order valence-corrected chi connectivity index (χ4v) is 3.32. The molecule has 3 rings (SSSR count). The molecule has 0 saturated heterocycles. The maximum atomic E-state index is 13.5. The summed E-state index contributed by atoms with van der Waals surface area (Å²) < 4.78 is 25.1. The summed E-state index contributed by atoms with van der Waals surface area (Å²) in [5, 5.41) is 4.11. The van der Waals surface area contributed by atoms with E-state index in [0.717, 1.165) is 33.0 Å². The van der Waals surface area contributed by atoms with Gasteiger partial charge in [-0.25, -0.2) is 4.39 Å². The first-order chi connectivity index (χ1) is 14.5. The van der Waals surface area contributed by atoms with Gasteiger partial charge in [-0.3, -0.25) is 0 Å². The number of benzene rings is 3. The molecule has 0 fully saturated rings. The molecule has 0 aliphatic heterocycles. The van der Waals surface area contributed by atoms with Gasteiger partial charge in [-0.05, 0) is 66.4 Å². The zero-order chi connectivity index (χ0) is 21.5. The van der Waals surface area contributed by atoms with Crippen LogP contribution in [0.25, 0.3) is 0 Å². The zero-order valence-electron chi connectivity index (χ0n) is 17.2. The lowest BCUT2D eigenvalue weighted by atomic mass is 10.0. The number of hydrogen-bond donors (Lipinski definition) is 1. The average molecular weight is 426 g/mol. The highest BCUT2D eigenvalue weighted by atomic mass is 35.5. The summed E-state index contributed by atoms with van der Waals surface area (Å²) in [7, 11) is 1.61. The van der Waals surface area contributed by atoms with Crippen molar-refractivity contribution in [1.82, 2.24) is 0 Å². The fraction of sp³-hybridized carbons (Fsp3) is 0.200. The van der Waals surface area contributed by atoms with E-state index in [9.17, 15) is 4.39 Å². The van der Waals surface area contributed by atoms with E-state index < -0.39 is 0 Å². The van der Waals surface area contributed by atoms with E-state index in [0.29, 0.717) is 24.5 Å². The van der Waals surface area contributed by atoms with Crippen molar-refractivity contribution in [3.05, 3.63) is 100 Å². The smallest absolute Gasteiger partial charge is 0.165 e. The molecule has 30 heavy (non-hydrogen) atoms. The molecule has 3 aromatic carbocycles. The van der Waals surface area contributed by atoms with Crippen LogP contribution >= 0.6 is 11.6 Å². The first-order valence-electron chi connectivity index (χ1n) is 9.68. The van der Waals surface area contributed by atoms with Crippen LogP contribution in [0.3, 0.4) is 0 Å². The van der Waals surface area contributed by atoms with Gasteiger partial charge in [-0.1, -0.05) is 35.9 Å². The number of aryl methyl sites for hydroxylation is 1. The van der Waals surface area contributed by atoms with Crippen LogP contribution in [0.4, 0.5) is 10.1 Å². The summed E-state index contributed by atoms with van der Waals surface area (Å²) in [5.41, 5.74) is 4.74. The van der Waals surface area contributed by atoms with E-state index in [2.05, 4.69) is 18.0 Å². The highest BCUT2D eigenvalue weighted by Gasteiger charge is 2.13. The highest BCUT2D eigenvalue weighted by Crippen LogP contribution is 2.34. The Kier molecular flexibility index (Phi) is 7.36. The quantitative estimate of drug-likeness (QED) is 0.386. The molecule has 1 N–H and O–H groups in total. The number of nitrogens with one attached hydrogen (secondary N) is 1. The third-order valence-corrected chi connectivity index (χ3v) is 5.12. The van der Waals surface area contributed by atoms with Gasteiger partial charge in [0.15, 0.2) is 11.5 Å². The molecule has 0 saturated carbocycles. The number of allylic oxidation sites excluding steroid dienone is 1. The molecule has 0 heterocycles. The maximum absolute atomic E-state index is 13.5. The van der Waals surface area contributed by atoms with Crippen LogP contribution < -0.4 is 14.8 Å². The van der Waals surface area contributed by atoms with Crippen molar-refractivity contribution >= 4 is 17.3 Å². The molecular weight excluding hydrogens is 401 g/mol. The predicted octanol–water partition coefficient (Wildman–Crippen LogP) is 6.72. The Balaban J connectivity index is 1.81. The molecule has 0 radical (unpaired) electrons. The van der Waals surface area contributed by atoms with Gasteiger partial charge < -0.3 is 14.8 Å². The van der Waals surface area contributed by atoms with E-state index in [1.165, 1.54) is 12.1 Å². The van der Waals surface area contributed by atoms with Crippen molar-refractivity contribution in [1.29, 1.82) is 0 Å². The molecule has 0 atom stereocenters. The average Bonchev–Trinajstić information content (AvgIpc) is 2.73. The molecular formula is C25H25ClFNO2. The van der Waals surface area contributed by atoms with Gasteiger partial charge in [0, 0.05) is 22.8 Å². The molecule has 0 aliphatic carbocycles. The van der Waals surface area contributed by atoms with Crippen molar-refractivity contribution in [3.8, 4) is 11.5 Å². The number of methoxy groups -OCH3 is 1. The van der Waals surface area contributed by atoms with Gasteiger partial charge in [-0.2, -0.15) is 0 Å². The van der Waals surface area contributed by atoms with Gasteiger partial charge in [0.1, 0.15) is 12.4 Å². The monoisotopic (exact) mass is 425 g/mol. The van der Waals surface area contributed by atoms with Crippen molar-refractivity contribution in [2.24, 2.45) is 0 Å². The maximum Gasteiger partial charge on any atom is 0.165 e. The number of ether oxygens (including phenoxy) is 2. The molecule has 0 aromatic heterocycles. The largest absolute Gasteiger partial charge is 0.493 e. The Morgan fingerprint density at radius 3 is 2.63 bits per heavy atom. The molecule has 3 nitrogen and oxygen atoms in total. The van der Waals surface area contributed by atoms with Crippen molar-refractivity contribution < 1.29 is 13.9 Å². The van der Waals surface area contributed by atoms with Crippen LogP contribution in [-0.2, 0) is 19.6 Å². The summed E-state index contributed by atoms with van der Waals surface area (Å²) in [6, 6.07) is 16.3. The zero-order valence-corrected chi connectivity index (χ0v) is 17.9. The third kappa shape index (κ3) is 5.55. The van der Waals surface area contributed by atoms with Crippen LogP contribution in [0.1, 0.15) is 22.3 Å². The molecule has 156 valence electrons. The lowest BCUT2D eigenvalue weighted by molar-refractivity contribution is 0.281. The van der Waals surface area contributed by atoms with E-state index in [1.54, 1.807) is 13.2 Å². The second-order valence-electron chi connectivity index (χ2n) is 7.02.